The van der Waals surface area contributed by atoms with Crippen molar-refractivity contribution in [1.29, 1.82) is 10.5 Å². The number of benzene rings is 1. The number of anilines is 2. The third kappa shape index (κ3) is 3.32. The van der Waals surface area contributed by atoms with Gasteiger partial charge < -0.3 is 10.6 Å². The van der Waals surface area contributed by atoms with E-state index in [1.807, 2.05) is 19.1 Å². The summed E-state index contributed by atoms with van der Waals surface area (Å²) in [5.41, 5.74) is 0.900. The first-order chi connectivity index (χ1) is 10.2. The maximum Gasteiger partial charge on any atom is 0.286 e. The number of nitrogens with zero attached hydrogens (tertiary/aromatic N) is 4. The van der Waals surface area contributed by atoms with Crippen LogP contribution in [-0.4, -0.2) is 22.6 Å². The lowest BCUT2D eigenvalue weighted by atomic mass is 10.1. The fourth-order valence-corrected chi connectivity index (χ4v) is 2.24. The molecule has 1 aromatic heterocycles. The highest BCUT2D eigenvalue weighted by Crippen LogP contribution is 2.18. The first-order valence-corrected chi connectivity index (χ1v) is 6.82. The maximum atomic E-state index is 12.0. The molecule has 0 aliphatic rings. The number of nitriles is 2. The first kappa shape index (κ1) is 14.4. The summed E-state index contributed by atoms with van der Waals surface area (Å²) in [6.07, 6.45) is 0. The molecule has 0 aliphatic heterocycles. The number of hydrogen-bond acceptors (Lipinski definition) is 7. The minimum absolute atomic E-state index is 0.209. The highest BCUT2D eigenvalue weighted by molar-refractivity contribution is 7.17. The average molecular weight is 298 g/mol. The second-order valence-corrected chi connectivity index (χ2v) is 4.86. The molecule has 0 bridgehead atoms. The number of hydrogen-bond donors (Lipinski definition) is 2. The van der Waals surface area contributed by atoms with Crippen LogP contribution in [0.2, 0.25) is 0 Å². The molecule has 0 spiro atoms. The van der Waals surface area contributed by atoms with E-state index in [-0.39, 0.29) is 16.1 Å². The van der Waals surface area contributed by atoms with E-state index >= 15 is 0 Å². The number of carbonyl (C=O) groups is 1. The lowest BCUT2D eigenvalue weighted by Gasteiger charge is -2.03. The number of amides is 1. The Morgan fingerprint density at radius 1 is 1.29 bits per heavy atom. The number of nitrogens with one attached hydrogen (secondary N) is 2. The molecule has 104 valence electrons. The lowest BCUT2D eigenvalue weighted by Crippen LogP contribution is -2.11. The largest absolute Gasteiger partial charge is 0.360 e. The molecule has 1 aromatic carbocycles. The Morgan fingerprint density at radius 2 is 2.05 bits per heavy atom. The number of rotatable bonds is 4. The molecule has 2 N–H and O–H groups in total. The van der Waals surface area contributed by atoms with Crippen molar-refractivity contribution in [3.05, 3.63) is 34.3 Å². The SMILES string of the molecule is CCNc1nnc(C(=O)Nc2ccc(C#N)c(C#N)c2)s1. The van der Waals surface area contributed by atoms with E-state index in [2.05, 4.69) is 20.8 Å². The van der Waals surface area contributed by atoms with Gasteiger partial charge in [0, 0.05) is 12.2 Å². The van der Waals surface area contributed by atoms with Crippen LogP contribution in [0.25, 0.3) is 0 Å². The van der Waals surface area contributed by atoms with E-state index in [1.165, 1.54) is 12.1 Å². The molecular formula is C13H10N6OS. The molecular weight excluding hydrogens is 288 g/mol. The van der Waals surface area contributed by atoms with Gasteiger partial charge >= 0.3 is 0 Å². The minimum atomic E-state index is -0.412. The second-order valence-electron chi connectivity index (χ2n) is 3.88. The summed E-state index contributed by atoms with van der Waals surface area (Å²) >= 11 is 1.14. The Labute approximate surface area is 124 Å². The Hall–Kier alpha value is -2.97. The molecule has 1 heterocycles. The summed E-state index contributed by atoms with van der Waals surface area (Å²) in [6.45, 7) is 2.61. The average Bonchev–Trinajstić information content (AvgIpc) is 2.96. The summed E-state index contributed by atoms with van der Waals surface area (Å²) in [4.78, 5) is 12.0. The Morgan fingerprint density at radius 3 is 2.71 bits per heavy atom. The molecule has 0 saturated heterocycles. The van der Waals surface area contributed by atoms with Crippen molar-refractivity contribution in [1.82, 2.24) is 10.2 Å². The monoisotopic (exact) mass is 298 g/mol. The van der Waals surface area contributed by atoms with Crippen molar-refractivity contribution in [2.24, 2.45) is 0 Å². The van der Waals surface area contributed by atoms with Gasteiger partial charge in [0.25, 0.3) is 5.91 Å². The van der Waals surface area contributed by atoms with E-state index < -0.39 is 5.91 Å². The normalized spacial score (nSPS) is 9.48. The van der Waals surface area contributed by atoms with Crippen LogP contribution >= 0.6 is 11.3 Å². The molecule has 21 heavy (non-hydrogen) atoms. The van der Waals surface area contributed by atoms with E-state index in [4.69, 9.17) is 10.5 Å². The van der Waals surface area contributed by atoms with Gasteiger partial charge in [-0.3, -0.25) is 4.79 Å². The molecule has 2 rings (SSSR count). The Kier molecular flexibility index (Phi) is 4.44. The standard InChI is InChI=1S/C13H10N6OS/c1-2-16-13-19-18-12(21-13)11(20)17-10-4-3-8(6-14)9(5-10)7-15/h3-5H,2H2,1H3,(H,16,19)(H,17,20). The molecule has 8 heteroatoms. The topological polar surface area (TPSA) is 114 Å². The third-order valence-corrected chi connectivity index (χ3v) is 3.35. The van der Waals surface area contributed by atoms with Crippen LogP contribution in [0.3, 0.4) is 0 Å². The summed E-state index contributed by atoms with van der Waals surface area (Å²) in [7, 11) is 0. The predicted octanol–water partition coefficient (Wildman–Crippen LogP) is 1.97. The van der Waals surface area contributed by atoms with Gasteiger partial charge in [0.15, 0.2) is 0 Å². The smallest absolute Gasteiger partial charge is 0.286 e. The van der Waals surface area contributed by atoms with Gasteiger partial charge in [-0.15, -0.1) is 10.2 Å². The molecule has 2 aromatic rings. The molecule has 1 amide bonds. The van der Waals surface area contributed by atoms with E-state index in [0.717, 1.165) is 11.3 Å². The van der Waals surface area contributed by atoms with Crippen LogP contribution in [-0.2, 0) is 0 Å². The van der Waals surface area contributed by atoms with Gasteiger partial charge in [-0.2, -0.15) is 10.5 Å². The predicted molar refractivity (Wildman–Crippen MR) is 77.9 cm³/mol. The van der Waals surface area contributed by atoms with Crippen LogP contribution in [0, 0.1) is 22.7 Å². The fourth-order valence-electron chi connectivity index (χ4n) is 1.53. The van der Waals surface area contributed by atoms with Crippen LogP contribution < -0.4 is 10.6 Å². The third-order valence-electron chi connectivity index (χ3n) is 2.47. The van der Waals surface area contributed by atoms with Gasteiger partial charge in [0.05, 0.1) is 11.1 Å². The van der Waals surface area contributed by atoms with Crippen molar-refractivity contribution < 1.29 is 4.79 Å². The fraction of sp³-hybridized carbons (Fsp3) is 0.154. The minimum Gasteiger partial charge on any atom is -0.360 e. The summed E-state index contributed by atoms with van der Waals surface area (Å²) in [5, 5.41) is 31.8. The van der Waals surface area contributed by atoms with Gasteiger partial charge in [0.1, 0.15) is 12.1 Å². The summed E-state index contributed by atoms with van der Waals surface area (Å²) < 4.78 is 0. The van der Waals surface area contributed by atoms with Crippen LogP contribution in [0.4, 0.5) is 10.8 Å². The maximum absolute atomic E-state index is 12.0. The Balaban J connectivity index is 2.16. The van der Waals surface area contributed by atoms with Crippen molar-refractivity contribution in [3.8, 4) is 12.1 Å². The van der Waals surface area contributed by atoms with E-state index in [1.54, 1.807) is 6.07 Å². The molecule has 7 nitrogen and oxygen atoms in total. The first-order valence-electron chi connectivity index (χ1n) is 6.01. The summed E-state index contributed by atoms with van der Waals surface area (Å²) in [6, 6.07) is 8.31. The molecule has 0 fully saturated rings. The van der Waals surface area contributed by atoms with Crippen molar-refractivity contribution in [2.45, 2.75) is 6.92 Å². The zero-order valence-electron chi connectivity index (χ0n) is 11.0. The van der Waals surface area contributed by atoms with Crippen LogP contribution in [0.5, 0.6) is 0 Å². The number of aromatic nitrogens is 2. The van der Waals surface area contributed by atoms with E-state index in [9.17, 15) is 4.79 Å². The summed E-state index contributed by atoms with van der Waals surface area (Å²) in [5.74, 6) is -0.412. The second kappa shape index (κ2) is 6.46. The number of carbonyl (C=O) groups excluding carboxylic acids is 1. The zero-order valence-corrected chi connectivity index (χ0v) is 11.9. The molecule has 0 atom stereocenters. The van der Waals surface area contributed by atoms with Gasteiger partial charge in [-0.05, 0) is 25.1 Å². The van der Waals surface area contributed by atoms with Gasteiger partial charge in [-0.25, -0.2) is 0 Å². The van der Waals surface area contributed by atoms with Crippen molar-refractivity contribution in [2.75, 3.05) is 17.2 Å². The molecule has 0 saturated carbocycles. The quantitative estimate of drug-likeness (QED) is 0.891. The van der Waals surface area contributed by atoms with E-state index in [0.29, 0.717) is 17.4 Å². The van der Waals surface area contributed by atoms with Crippen LogP contribution in [0.15, 0.2) is 18.2 Å². The highest BCUT2D eigenvalue weighted by Gasteiger charge is 2.13. The highest BCUT2D eigenvalue weighted by atomic mass is 32.1. The lowest BCUT2D eigenvalue weighted by molar-refractivity contribution is 0.102. The Bertz CT molecular complexity index is 755. The van der Waals surface area contributed by atoms with Crippen molar-refractivity contribution >= 4 is 28.1 Å². The van der Waals surface area contributed by atoms with Crippen LogP contribution in [0.1, 0.15) is 27.9 Å². The molecule has 0 radical (unpaired) electrons. The molecule has 0 unspecified atom stereocenters. The van der Waals surface area contributed by atoms with Gasteiger partial charge in [-0.1, -0.05) is 11.3 Å². The zero-order chi connectivity index (χ0) is 15.2. The van der Waals surface area contributed by atoms with Gasteiger partial charge in [0.2, 0.25) is 10.1 Å². The van der Waals surface area contributed by atoms with Crippen molar-refractivity contribution in [3.63, 3.8) is 0 Å². The molecule has 0 aliphatic carbocycles.